The summed E-state index contributed by atoms with van der Waals surface area (Å²) in [6, 6.07) is 7.48. The standard InChI is InChI=1S/C13H13FN2O3S2/c1-8-3-2-4-10(12(8)14)13(17)16-7-9-5-6-11(20-9)21(15,18)19/h2-6H,7H2,1H3,(H,16,17)(H2,15,18,19). The first-order valence-electron chi connectivity index (χ1n) is 5.94. The summed E-state index contributed by atoms with van der Waals surface area (Å²) in [7, 11) is -3.74. The van der Waals surface area contributed by atoms with Crippen LogP contribution in [-0.4, -0.2) is 14.3 Å². The van der Waals surface area contributed by atoms with Gasteiger partial charge in [-0.05, 0) is 30.7 Å². The second kappa shape index (κ2) is 5.92. The molecule has 0 aliphatic carbocycles. The lowest BCUT2D eigenvalue weighted by Crippen LogP contribution is -2.23. The quantitative estimate of drug-likeness (QED) is 0.896. The number of nitrogens with one attached hydrogen (secondary N) is 1. The molecule has 1 amide bonds. The summed E-state index contributed by atoms with van der Waals surface area (Å²) in [5, 5.41) is 7.54. The molecule has 1 heterocycles. The maximum absolute atomic E-state index is 13.8. The van der Waals surface area contributed by atoms with Gasteiger partial charge in [-0.3, -0.25) is 4.79 Å². The molecule has 0 aliphatic heterocycles. The van der Waals surface area contributed by atoms with E-state index in [0.29, 0.717) is 10.4 Å². The van der Waals surface area contributed by atoms with Crippen LogP contribution in [0.4, 0.5) is 4.39 Å². The third kappa shape index (κ3) is 3.66. The van der Waals surface area contributed by atoms with Crippen molar-refractivity contribution in [3.63, 3.8) is 0 Å². The number of halogens is 1. The van der Waals surface area contributed by atoms with Crippen molar-refractivity contribution < 1.29 is 17.6 Å². The molecule has 3 N–H and O–H groups in total. The van der Waals surface area contributed by atoms with Gasteiger partial charge >= 0.3 is 0 Å². The van der Waals surface area contributed by atoms with E-state index in [1.165, 1.54) is 12.1 Å². The van der Waals surface area contributed by atoms with Crippen LogP contribution < -0.4 is 10.5 Å². The van der Waals surface area contributed by atoms with E-state index >= 15 is 0 Å². The lowest BCUT2D eigenvalue weighted by molar-refractivity contribution is 0.0947. The molecule has 8 heteroatoms. The summed E-state index contributed by atoms with van der Waals surface area (Å²) in [4.78, 5) is 12.5. The maximum Gasteiger partial charge on any atom is 0.254 e. The van der Waals surface area contributed by atoms with Gasteiger partial charge in [0.1, 0.15) is 10.0 Å². The van der Waals surface area contributed by atoms with Gasteiger partial charge in [0.2, 0.25) is 10.0 Å². The maximum atomic E-state index is 13.8. The Bertz CT molecular complexity index is 784. The molecule has 21 heavy (non-hydrogen) atoms. The zero-order chi connectivity index (χ0) is 15.6. The number of aryl methyl sites for hydroxylation is 1. The lowest BCUT2D eigenvalue weighted by atomic mass is 10.1. The summed E-state index contributed by atoms with van der Waals surface area (Å²) in [5.74, 6) is -1.12. The summed E-state index contributed by atoms with van der Waals surface area (Å²) in [5.41, 5.74) is 0.341. The van der Waals surface area contributed by atoms with E-state index in [-0.39, 0.29) is 16.3 Å². The number of benzene rings is 1. The minimum Gasteiger partial charge on any atom is -0.347 e. The van der Waals surface area contributed by atoms with Crippen molar-refractivity contribution in [2.45, 2.75) is 17.7 Å². The number of carbonyl (C=O) groups is 1. The highest BCUT2D eigenvalue weighted by Crippen LogP contribution is 2.20. The van der Waals surface area contributed by atoms with Crippen LogP contribution in [0.25, 0.3) is 0 Å². The van der Waals surface area contributed by atoms with Crippen LogP contribution in [0.3, 0.4) is 0 Å². The van der Waals surface area contributed by atoms with Gasteiger partial charge in [0.15, 0.2) is 0 Å². The van der Waals surface area contributed by atoms with Crippen molar-refractivity contribution in [1.29, 1.82) is 0 Å². The zero-order valence-corrected chi connectivity index (χ0v) is 12.7. The molecule has 0 unspecified atom stereocenters. The molecule has 0 saturated heterocycles. The highest BCUT2D eigenvalue weighted by Gasteiger charge is 2.14. The third-order valence-corrected chi connectivity index (χ3v) is 5.30. The van der Waals surface area contributed by atoms with Crippen LogP contribution in [0.2, 0.25) is 0 Å². The van der Waals surface area contributed by atoms with Gasteiger partial charge in [0, 0.05) is 4.88 Å². The van der Waals surface area contributed by atoms with Crippen LogP contribution in [-0.2, 0) is 16.6 Å². The Balaban J connectivity index is 2.08. The van der Waals surface area contributed by atoms with Crippen LogP contribution in [0.15, 0.2) is 34.5 Å². The van der Waals surface area contributed by atoms with Crippen LogP contribution in [0, 0.1) is 12.7 Å². The van der Waals surface area contributed by atoms with Crippen molar-refractivity contribution in [3.8, 4) is 0 Å². The van der Waals surface area contributed by atoms with Crippen molar-refractivity contribution in [2.75, 3.05) is 0 Å². The van der Waals surface area contributed by atoms with Gasteiger partial charge in [-0.25, -0.2) is 17.9 Å². The molecule has 1 aromatic heterocycles. The molecule has 0 aliphatic rings. The lowest BCUT2D eigenvalue weighted by Gasteiger charge is -2.06. The van der Waals surface area contributed by atoms with Crippen molar-refractivity contribution in [2.24, 2.45) is 5.14 Å². The van der Waals surface area contributed by atoms with E-state index in [2.05, 4.69) is 5.32 Å². The topological polar surface area (TPSA) is 89.3 Å². The van der Waals surface area contributed by atoms with Gasteiger partial charge in [0.05, 0.1) is 12.1 Å². The van der Waals surface area contributed by atoms with E-state index < -0.39 is 21.7 Å². The van der Waals surface area contributed by atoms with E-state index in [9.17, 15) is 17.6 Å². The number of sulfonamides is 1. The fourth-order valence-corrected chi connectivity index (χ4v) is 3.41. The normalized spacial score (nSPS) is 11.4. The highest BCUT2D eigenvalue weighted by molar-refractivity contribution is 7.91. The number of hydrogen-bond acceptors (Lipinski definition) is 4. The largest absolute Gasteiger partial charge is 0.347 e. The monoisotopic (exact) mass is 328 g/mol. The van der Waals surface area contributed by atoms with Crippen molar-refractivity contribution in [3.05, 3.63) is 52.2 Å². The number of primary sulfonamides is 1. The number of hydrogen-bond donors (Lipinski definition) is 2. The molecule has 0 saturated carbocycles. The van der Waals surface area contributed by atoms with Crippen LogP contribution in [0.1, 0.15) is 20.8 Å². The smallest absolute Gasteiger partial charge is 0.254 e. The fraction of sp³-hybridized carbons (Fsp3) is 0.154. The molecule has 5 nitrogen and oxygen atoms in total. The SMILES string of the molecule is Cc1cccc(C(=O)NCc2ccc(S(N)(=O)=O)s2)c1F. The van der Waals surface area contributed by atoms with Crippen molar-refractivity contribution in [1.82, 2.24) is 5.32 Å². The van der Waals surface area contributed by atoms with Gasteiger partial charge in [-0.2, -0.15) is 0 Å². The van der Waals surface area contributed by atoms with Crippen LogP contribution in [0.5, 0.6) is 0 Å². The van der Waals surface area contributed by atoms with Gasteiger partial charge in [-0.15, -0.1) is 11.3 Å². The van der Waals surface area contributed by atoms with Crippen molar-refractivity contribution >= 4 is 27.3 Å². The third-order valence-electron chi connectivity index (χ3n) is 2.78. The summed E-state index contributed by atoms with van der Waals surface area (Å²) in [6.07, 6.45) is 0. The Morgan fingerprint density at radius 2 is 2.05 bits per heavy atom. The first kappa shape index (κ1) is 15.6. The number of nitrogens with two attached hydrogens (primary N) is 1. The number of thiophene rings is 1. The molecular formula is C13H13FN2O3S2. The predicted molar refractivity (Wildman–Crippen MR) is 78.0 cm³/mol. The van der Waals surface area contributed by atoms with Gasteiger partial charge in [-0.1, -0.05) is 12.1 Å². The Hall–Kier alpha value is -1.77. The summed E-state index contributed by atoms with van der Waals surface area (Å²) >= 11 is 0.963. The first-order chi connectivity index (χ1) is 9.79. The van der Waals surface area contributed by atoms with Gasteiger partial charge < -0.3 is 5.32 Å². The average Bonchev–Trinajstić information content (AvgIpc) is 2.88. The fourth-order valence-electron chi connectivity index (χ4n) is 1.69. The molecular weight excluding hydrogens is 315 g/mol. The summed E-state index contributed by atoms with van der Waals surface area (Å²) in [6.45, 7) is 1.68. The van der Waals surface area contributed by atoms with E-state index in [1.54, 1.807) is 25.1 Å². The Morgan fingerprint density at radius 1 is 1.33 bits per heavy atom. The first-order valence-corrected chi connectivity index (χ1v) is 8.30. The second-order valence-corrected chi connectivity index (χ2v) is 7.34. The second-order valence-electron chi connectivity index (χ2n) is 4.38. The Labute approximate surface area is 125 Å². The molecule has 1 aromatic carbocycles. The molecule has 0 spiro atoms. The summed E-state index contributed by atoms with van der Waals surface area (Å²) < 4.78 is 36.1. The Kier molecular flexibility index (Phi) is 4.40. The van der Waals surface area contributed by atoms with E-state index in [0.717, 1.165) is 11.3 Å². The zero-order valence-electron chi connectivity index (χ0n) is 11.1. The molecule has 0 atom stereocenters. The average molecular weight is 328 g/mol. The minimum absolute atomic E-state index is 0.0217. The number of carbonyl (C=O) groups excluding carboxylic acids is 1. The number of rotatable bonds is 4. The molecule has 2 rings (SSSR count). The molecule has 0 fully saturated rings. The Morgan fingerprint density at radius 3 is 2.67 bits per heavy atom. The number of amides is 1. The molecule has 112 valence electrons. The van der Waals surface area contributed by atoms with Crippen LogP contribution >= 0.6 is 11.3 Å². The van der Waals surface area contributed by atoms with Gasteiger partial charge in [0.25, 0.3) is 5.91 Å². The molecule has 0 radical (unpaired) electrons. The highest BCUT2D eigenvalue weighted by atomic mass is 32.2. The van der Waals surface area contributed by atoms with E-state index in [4.69, 9.17) is 5.14 Å². The molecule has 0 bridgehead atoms. The minimum atomic E-state index is -3.74. The molecule has 2 aromatic rings. The van der Waals surface area contributed by atoms with E-state index in [1.807, 2.05) is 0 Å². The predicted octanol–water partition coefficient (Wildman–Crippen LogP) is 1.77.